The molecule has 0 saturated carbocycles. The highest BCUT2D eigenvalue weighted by atomic mass is 32.2. The van der Waals surface area contributed by atoms with Crippen molar-refractivity contribution in [1.82, 2.24) is 4.31 Å². The van der Waals surface area contributed by atoms with Crippen molar-refractivity contribution in [3.63, 3.8) is 0 Å². The number of rotatable bonds is 4. The van der Waals surface area contributed by atoms with E-state index in [0.717, 1.165) is 10.6 Å². The lowest BCUT2D eigenvalue weighted by Crippen LogP contribution is -2.41. The molecule has 0 radical (unpaired) electrons. The third kappa shape index (κ3) is 4.23. The number of hydrogen-bond acceptors (Lipinski definition) is 5. The molecule has 0 bridgehead atoms. The highest BCUT2D eigenvalue weighted by molar-refractivity contribution is 8.01. The Kier molecular flexibility index (Phi) is 5.86. The van der Waals surface area contributed by atoms with E-state index in [1.807, 2.05) is 37.3 Å². The number of sulfonamides is 1. The lowest BCUT2D eigenvalue weighted by atomic mass is 9.97. The predicted molar refractivity (Wildman–Crippen MR) is 117 cm³/mol. The van der Waals surface area contributed by atoms with Crippen molar-refractivity contribution >= 4 is 45.0 Å². The van der Waals surface area contributed by atoms with Gasteiger partial charge in [0.25, 0.3) is 0 Å². The Bertz CT molecular complexity index is 1060. The zero-order valence-electron chi connectivity index (χ0n) is 16.5. The summed E-state index contributed by atoms with van der Waals surface area (Å²) in [5.74, 6) is -0.439. The Morgan fingerprint density at radius 2 is 1.83 bits per heavy atom. The molecule has 30 heavy (non-hydrogen) atoms. The molecule has 2 amide bonds. The van der Waals surface area contributed by atoms with Crippen LogP contribution in [-0.4, -0.2) is 42.9 Å². The molecule has 2 heterocycles. The summed E-state index contributed by atoms with van der Waals surface area (Å²) in [5.41, 5.74) is 1.27. The van der Waals surface area contributed by atoms with Gasteiger partial charge in [-0.25, -0.2) is 8.42 Å². The van der Waals surface area contributed by atoms with E-state index < -0.39 is 10.0 Å². The van der Waals surface area contributed by atoms with E-state index in [4.69, 9.17) is 0 Å². The van der Waals surface area contributed by atoms with E-state index >= 15 is 0 Å². The Morgan fingerprint density at radius 1 is 1.13 bits per heavy atom. The van der Waals surface area contributed by atoms with E-state index in [1.165, 1.54) is 22.1 Å². The molecule has 2 aliphatic rings. The minimum atomic E-state index is -3.69. The molecule has 9 heteroatoms. The topological polar surface area (TPSA) is 95.6 Å². The van der Waals surface area contributed by atoms with E-state index in [9.17, 15) is 18.0 Å². The van der Waals surface area contributed by atoms with Crippen molar-refractivity contribution in [2.24, 2.45) is 5.92 Å². The first-order valence-corrected chi connectivity index (χ1v) is 12.1. The van der Waals surface area contributed by atoms with Crippen LogP contribution < -0.4 is 10.6 Å². The molecule has 2 N–H and O–H groups in total. The number of carbonyl (C=O) groups is 2. The summed E-state index contributed by atoms with van der Waals surface area (Å²) < 4.78 is 27.6. The number of hydrogen-bond donors (Lipinski definition) is 2. The SMILES string of the molecule is C[C@H]1Sc2ccc(S(=O)(=O)N3CCC(C(=O)Nc4ccccc4)CC3)cc2NC1=O. The fourth-order valence-electron chi connectivity index (χ4n) is 3.62. The van der Waals surface area contributed by atoms with Gasteiger partial charge in [-0.2, -0.15) is 4.31 Å². The van der Waals surface area contributed by atoms with Crippen LogP contribution >= 0.6 is 11.8 Å². The zero-order chi connectivity index (χ0) is 21.3. The Hall–Kier alpha value is -2.36. The summed E-state index contributed by atoms with van der Waals surface area (Å²) in [6.45, 7) is 2.38. The van der Waals surface area contributed by atoms with Gasteiger partial charge in [0.15, 0.2) is 0 Å². The van der Waals surface area contributed by atoms with Crippen LogP contribution in [0.1, 0.15) is 19.8 Å². The quantitative estimate of drug-likeness (QED) is 0.754. The van der Waals surface area contributed by atoms with Crippen LogP contribution in [0.5, 0.6) is 0 Å². The van der Waals surface area contributed by atoms with Gasteiger partial charge in [-0.15, -0.1) is 11.8 Å². The van der Waals surface area contributed by atoms with Crippen LogP contribution in [-0.2, 0) is 19.6 Å². The Balaban J connectivity index is 1.42. The first kappa shape index (κ1) is 20.9. The lowest BCUT2D eigenvalue weighted by Gasteiger charge is -2.31. The summed E-state index contributed by atoms with van der Waals surface area (Å²) in [7, 11) is -3.69. The molecular weight excluding hydrogens is 422 g/mol. The van der Waals surface area contributed by atoms with E-state index in [-0.39, 0.29) is 41.0 Å². The van der Waals surface area contributed by atoms with Gasteiger partial charge in [0.1, 0.15) is 0 Å². The molecule has 0 spiro atoms. The van der Waals surface area contributed by atoms with Crippen molar-refractivity contribution in [2.45, 2.75) is 34.8 Å². The fourth-order valence-corrected chi connectivity index (χ4v) is 6.05. The summed E-state index contributed by atoms with van der Waals surface area (Å²) in [5, 5.41) is 5.46. The Labute approximate surface area is 180 Å². The molecule has 1 fully saturated rings. The first-order chi connectivity index (χ1) is 14.3. The van der Waals surface area contributed by atoms with Crippen LogP contribution in [0.15, 0.2) is 58.3 Å². The van der Waals surface area contributed by atoms with Gasteiger partial charge in [0.05, 0.1) is 15.8 Å². The predicted octanol–water partition coefficient (Wildman–Crippen LogP) is 3.16. The molecule has 4 rings (SSSR count). The van der Waals surface area contributed by atoms with Crippen molar-refractivity contribution in [3.8, 4) is 0 Å². The van der Waals surface area contributed by atoms with E-state index in [1.54, 1.807) is 12.1 Å². The van der Waals surface area contributed by atoms with Crippen LogP contribution in [0.2, 0.25) is 0 Å². The molecule has 0 aromatic heterocycles. The highest BCUT2D eigenvalue weighted by Gasteiger charge is 2.33. The van der Waals surface area contributed by atoms with Crippen LogP contribution in [0.4, 0.5) is 11.4 Å². The van der Waals surface area contributed by atoms with Crippen LogP contribution in [0, 0.1) is 5.92 Å². The average Bonchev–Trinajstić information content (AvgIpc) is 2.75. The first-order valence-electron chi connectivity index (χ1n) is 9.82. The van der Waals surface area contributed by atoms with Gasteiger partial charge in [-0.3, -0.25) is 9.59 Å². The molecule has 2 aliphatic heterocycles. The Morgan fingerprint density at radius 3 is 2.53 bits per heavy atom. The van der Waals surface area contributed by atoms with Crippen molar-refractivity contribution in [1.29, 1.82) is 0 Å². The van der Waals surface area contributed by atoms with Gasteiger partial charge in [-0.1, -0.05) is 18.2 Å². The minimum absolute atomic E-state index is 0.0825. The molecular formula is C21H23N3O4S2. The second-order valence-electron chi connectivity index (χ2n) is 7.44. The monoisotopic (exact) mass is 445 g/mol. The molecule has 0 aliphatic carbocycles. The van der Waals surface area contributed by atoms with Gasteiger partial charge in [0.2, 0.25) is 21.8 Å². The third-order valence-corrected chi connectivity index (χ3v) is 8.46. The number of thioether (sulfide) groups is 1. The standard InChI is InChI=1S/C21H23N3O4S2/c1-14-20(25)23-18-13-17(7-8-19(18)29-14)30(27,28)24-11-9-15(10-12-24)21(26)22-16-5-3-2-4-6-16/h2-8,13-15H,9-12H2,1H3,(H,22,26)(H,23,25)/t14-/m1/s1. The smallest absolute Gasteiger partial charge is 0.243 e. The third-order valence-electron chi connectivity index (χ3n) is 5.39. The maximum absolute atomic E-state index is 13.1. The number of carbonyl (C=O) groups excluding carboxylic acids is 2. The number of fused-ring (bicyclic) bond motifs is 1. The number of anilines is 2. The largest absolute Gasteiger partial charge is 0.326 e. The summed E-state index contributed by atoms with van der Waals surface area (Å²) >= 11 is 1.41. The molecule has 1 saturated heterocycles. The average molecular weight is 446 g/mol. The van der Waals surface area contributed by atoms with Gasteiger partial charge in [0, 0.05) is 29.6 Å². The van der Waals surface area contributed by atoms with Crippen molar-refractivity contribution < 1.29 is 18.0 Å². The summed E-state index contributed by atoms with van der Waals surface area (Å²) in [4.78, 5) is 25.4. The van der Waals surface area contributed by atoms with Gasteiger partial charge < -0.3 is 10.6 Å². The second-order valence-corrected chi connectivity index (χ2v) is 10.8. The second kappa shape index (κ2) is 8.41. The van der Waals surface area contributed by atoms with Crippen molar-refractivity contribution in [2.75, 3.05) is 23.7 Å². The summed E-state index contributed by atoms with van der Waals surface area (Å²) in [6, 6.07) is 14.1. The zero-order valence-corrected chi connectivity index (χ0v) is 18.1. The normalized spacial score (nSPS) is 20.3. The summed E-state index contributed by atoms with van der Waals surface area (Å²) in [6.07, 6.45) is 0.930. The fraction of sp³-hybridized carbons (Fsp3) is 0.333. The molecule has 2 aromatic carbocycles. The number of para-hydroxylation sites is 1. The van der Waals surface area contributed by atoms with E-state index in [2.05, 4.69) is 10.6 Å². The van der Waals surface area contributed by atoms with Gasteiger partial charge >= 0.3 is 0 Å². The minimum Gasteiger partial charge on any atom is -0.326 e. The number of benzene rings is 2. The van der Waals surface area contributed by atoms with Crippen molar-refractivity contribution in [3.05, 3.63) is 48.5 Å². The number of piperidine rings is 1. The molecule has 2 aromatic rings. The van der Waals surface area contributed by atoms with E-state index in [0.29, 0.717) is 18.5 Å². The maximum atomic E-state index is 13.1. The highest BCUT2D eigenvalue weighted by Crippen LogP contribution is 2.37. The molecule has 7 nitrogen and oxygen atoms in total. The maximum Gasteiger partial charge on any atom is 0.243 e. The molecule has 0 unspecified atom stereocenters. The number of amides is 2. The molecule has 1 atom stereocenters. The molecule has 158 valence electrons. The van der Waals surface area contributed by atoms with Crippen LogP contribution in [0.25, 0.3) is 0 Å². The lowest BCUT2D eigenvalue weighted by molar-refractivity contribution is -0.121. The number of nitrogens with zero attached hydrogens (tertiary/aromatic N) is 1. The van der Waals surface area contributed by atoms with Crippen LogP contribution in [0.3, 0.4) is 0 Å². The van der Waals surface area contributed by atoms with Gasteiger partial charge in [-0.05, 0) is 50.1 Å². The number of nitrogens with one attached hydrogen (secondary N) is 2.